The zero-order valence-corrected chi connectivity index (χ0v) is 9.26. The van der Waals surface area contributed by atoms with Crippen molar-refractivity contribution >= 4 is 5.97 Å². The smallest absolute Gasteiger partial charge is 0.389 e. The largest absolute Gasteiger partial charge is 0.481 e. The van der Waals surface area contributed by atoms with Gasteiger partial charge in [0.2, 0.25) is 0 Å². The van der Waals surface area contributed by atoms with Crippen molar-refractivity contribution in [3.8, 4) is 0 Å². The van der Waals surface area contributed by atoms with Gasteiger partial charge in [0.1, 0.15) is 0 Å². The third-order valence-electron chi connectivity index (χ3n) is 2.45. The van der Waals surface area contributed by atoms with E-state index in [1.807, 2.05) is 0 Å². The van der Waals surface area contributed by atoms with Crippen molar-refractivity contribution in [2.75, 3.05) is 6.54 Å². The molecule has 0 aliphatic rings. The number of halogens is 3. The molecule has 2 atom stereocenters. The van der Waals surface area contributed by atoms with E-state index in [4.69, 9.17) is 10.8 Å². The van der Waals surface area contributed by atoms with Gasteiger partial charge in [0.25, 0.3) is 0 Å². The normalized spacial score (nSPS) is 15.8. The Balaban J connectivity index is 3.91. The van der Waals surface area contributed by atoms with Crippen molar-refractivity contribution < 1.29 is 23.1 Å². The minimum atomic E-state index is -4.14. The summed E-state index contributed by atoms with van der Waals surface area (Å²) in [7, 11) is 0. The second-order valence-corrected chi connectivity index (χ2v) is 4.19. The van der Waals surface area contributed by atoms with Crippen molar-refractivity contribution in [3.05, 3.63) is 0 Å². The summed E-state index contributed by atoms with van der Waals surface area (Å²) in [6.07, 6.45) is -4.58. The third-order valence-corrected chi connectivity index (χ3v) is 2.45. The molecule has 0 spiro atoms. The Hall–Kier alpha value is -0.780. The lowest BCUT2D eigenvalue weighted by molar-refractivity contribution is -0.140. The van der Waals surface area contributed by atoms with Crippen LogP contribution in [0.5, 0.6) is 0 Å². The van der Waals surface area contributed by atoms with Gasteiger partial charge in [0, 0.05) is 12.8 Å². The van der Waals surface area contributed by atoms with E-state index in [0.29, 0.717) is 6.42 Å². The molecule has 0 aromatic carbocycles. The summed E-state index contributed by atoms with van der Waals surface area (Å²) in [5.41, 5.74) is 5.37. The van der Waals surface area contributed by atoms with E-state index in [2.05, 4.69) is 0 Å². The molecule has 0 bridgehead atoms. The van der Waals surface area contributed by atoms with Gasteiger partial charge in [-0.3, -0.25) is 4.79 Å². The number of nitrogens with two attached hydrogens (primary N) is 1. The Kier molecular flexibility index (Phi) is 6.40. The first kappa shape index (κ1) is 15.2. The molecule has 0 aromatic heterocycles. The Bertz CT molecular complexity index is 219. The van der Waals surface area contributed by atoms with Crippen LogP contribution in [0, 0.1) is 11.8 Å². The van der Waals surface area contributed by atoms with E-state index >= 15 is 0 Å². The molecule has 0 fully saturated rings. The minimum Gasteiger partial charge on any atom is -0.481 e. The minimum absolute atomic E-state index is 0.0274. The molecule has 0 rings (SSSR count). The predicted molar refractivity (Wildman–Crippen MR) is 53.9 cm³/mol. The average Bonchev–Trinajstić information content (AvgIpc) is 2.12. The van der Waals surface area contributed by atoms with E-state index in [0.717, 1.165) is 0 Å². The van der Waals surface area contributed by atoms with Crippen LogP contribution in [-0.2, 0) is 4.79 Å². The Morgan fingerprint density at radius 1 is 1.44 bits per heavy atom. The SMILES string of the molecule is CC(CCC(F)(F)F)C[C@H](CN)CC(=O)O. The van der Waals surface area contributed by atoms with Crippen LogP contribution < -0.4 is 5.73 Å². The van der Waals surface area contributed by atoms with E-state index < -0.39 is 18.6 Å². The molecule has 6 heteroatoms. The van der Waals surface area contributed by atoms with Crippen molar-refractivity contribution in [2.24, 2.45) is 17.6 Å². The first-order valence-corrected chi connectivity index (χ1v) is 5.23. The van der Waals surface area contributed by atoms with Gasteiger partial charge in [-0.2, -0.15) is 13.2 Å². The maximum absolute atomic E-state index is 11.9. The lowest BCUT2D eigenvalue weighted by atomic mass is 9.90. The second kappa shape index (κ2) is 6.73. The maximum Gasteiger partial charge on any atom is 0.389 e. The standard InChI is InChI=1S/C10H18F3NO2/c1-7(2-3-10(11,12)13)4-8(6-14)5-9(15)16/h7-8H,2-6,14H2,1H3,(H,15,16)/t7?,8-/m0/s1. The van der Waals surface area contributed by atoms with Crippen molar-refractivity contribution in [1.29, 1.82) is 0 Å². The Morgan fingerprint density at radius 3 is 2.38 bits per heavy atom. The fraction of sp³-hybridized carbons (Fsp3) is 0.900. The molecule has 0 saturated heterocycles. The van der Waals surface area contributed by atoms with Gasteiger partial charge in [-0.15, -0.1) is 0 Å². The molecule has 1 unspecified atom stereocenters. The van der Waals surface area contributed by atoms with Gasteiger partial charge >= 0.3 is 12.1 Å². The van der Waals surface area contributed by atoms with Crippen LogP contribution in [0.4, 0.5) is 13.2 Å². The van der Waals surface area contributed by atoms with Gasteiger partial charge in [0.05, 0.1) is 0 Å². The number of carboxylic acids is 1. The zero-order valence-electron chi connectivity index (χ0n) is 9.26. The lowest BCUT2D eigenvalue weighted by Crippen LogP contribution is -2.21. The first-order valence-electron chi connectivity index (χ1n) is 5.23. The van der Waals surface area contributed by atoms with E-state index in [1.54, 1.807) is 6.92 Å². The van der Waals surface area contributed by atoms with Crippen LogP contribution in [0.1, 0.15) is 32.6 Å². The summed E-state index contributed by atoms with van der Waals surface area (Å²) >= 11 is 0. The Labute approximate surface area is 92.8 Å². The van der Waals surface area contributed by atoms with Gasteiger partial charge in [0.15, 0.2) is 0 Å². The fourth-order valence-corrected chi connectivity index (χ4v) is 1.61. The number of hydrogen-bond acceptors (Lipinski definition) is 2. The highest BCUT2D eigenvalue weighted by Crippen LogP contribution is 2.27. The van der Waals surface area contributed by atoms with Gasteiger partial charge in [-0.05, 0) is 31.2 Å². The quantitative estimate of drug-likeness (QED) is 0.719. The number of aliphatic carboxylic acids is 1. The monoisotopic (exact) mass is 241 g/mol. The lowest BCUT2D eigenvalue weighted by Gasteiger charge is -2.18. The molecule has 0 aliphatic heterocycles. The number of hydrogen-bond donors (Lipinski definition) is 2. The number of rotatable bonds is 7. The van der Waals surface area contributed by atoms with E-state index in [1.165, 1.54) is 0 Å². The molecular formula is C10H18F3NO2. The highest BCUT2D eigenvalue weighted by atomic mass is 19.4. The zero-order chi connectivity index (χ0) is 12.8. The number of alkyl halides is 3. The topological polar surface area (TPSA) is 63.3 Å². The van der Waals surface area contributed by atoms with Gasteiger partial charge in [-0.25, -0.2) is 0 Å². The number of carboxylic acid groups (broad SMARTS) is 1. The molecule has 16 heavy (non-hydrogen) atoms. The summed E-state index contributed by atoms with van der Waals surface area (Å²) in [6.45, 7) is 1.89. The molecule has 0 heterocycles. The van der Waals surface area contributed by atoms with E-state index in [9.17, 15) is 18.0 Å². The van der Waals surface area contributed by atoms with Crippen LogP contribution in [0.3, 0.4) is 0 Å². The van der Waals surface area contributed by atoms with Crippen LogP contribution >= 0.6 is 0 Å². The summed E-state index contributed by atoms with van der Waals surface area (Å²) in [5.74, 6) is -1.35. The summed E-state index contributed by atoms with van der Waals surface area (Å²) < 4.78 is 35.8. The number of carbonyl (C=O) groups is 1. The molecular weight excluding hydrogens is 223 g/mol. The van der Waals surface area contributed by atoms with Crippen LogP contribution in [0.25, 0.3) is 0 Å². The Morgan fingerprint density at radius 2 is 2.00 bits per heavy atom. The molecule has 0 radical (unpaired) electrons. The van der Waals surface area contributed by atoms with Gasteiger partial charge in [-0.1, -0.05) is 6.92 Å². The van der Waals surface area contributed by atoms with Crippen LogP contribution in [0.15, 0.2) is 0 Å². The van der Waals surface area contributed by atoms with Crippen molar-refractivity contribution in [2.45, 2.75) is 38.8 Å². The average molecular weight is 241 g/mol. The third kappa shape index (κ3) is 8.52. The maximum atomic E-state index is 11.9. The molecule has 3 N–H and O–H groups in total. The van der Waals surface area contributed by atoms with Crippen LogP contribution in [0.2, 0.25) is 0 Å². The summed E-state index contributed by atoms with van der Waals surface area (Å²) in [4.78, 5) is 10.4. The summed E-state index contributed by atoms with van der Waals surface area (Å²) in [6, 6.07) is 0. The fourth-order valence-electron chi connectivity index (χ4n) is 1.61. The second-order valence-electron chi connectivity index (χ2n) is 4.19. The molecule has 0 amide bonds. The van der Waals surface area contributed by atoms with Crippen LogP contribution in [-0.4, -0.2) is 23.8 Å². The molecule has 96 valence electrons. The molecule has 0 aromatic rings. The molecule has 0 saturated carbocycles. The van der Waals surface area contributed by atoms with Crippen molar-refractivity contribution in [3.63, 3.8) is 0 Å². The van der Waals surface area contributed by atoms with Gasteiger partial charge < -0.3 is 10.8 Å². The first-order chi connectivity index (χ1) is 7.24. The molecule has 3 nitrogen and oxygen atoms in total. The van der Waals surface area contributed by atoms with E-state index in [-0.39, 0.29) is 31.2 Å². The predicted octanol–water partition coefficient (Wildman–Crippen LogP) is 2.40. The molecule has 0 aliphatic carbocycles. The van der Waals surface area contributed by atoms with Crippen molar-refractivity contribution in [1.82, 2.24) is 0 Å². The highest BCUT2D eigenvalue weighted by Gasteiger charge is 2.28. The highest BCUT2D eigenvalue weighted by molar-refractivity contribution is 5.67. The summed E-state index contributed by atoms with van der Waals surface area (Å²) in [5, 5.41) is 8.55.